The minimum absolute atomic E-state index is 0.0946. The number of hydrogen-bond donors (Lipinski definition) is 0. The van der Waals surface area contributed by atoms with Crippen LogP contribution >= 0.6 is 0 Å². The van der Waals surface area contributed by atoms with Gasteiger partial charge in [0.2, 0.25) is 0 Å². The molecule has 0 saturated carbocycles. The minimum Gasteiger partial charge on any atom is -0.295 e. The highest BCUT2D eigenvalue weighted by Crippen LogP contribution is 2.27. The molecule has 0 aliphatic carbocycles. The molecule has 2 heterocycles. The lowest BCUT2D eigenvalue weighted by atomic mass is 9.92. The Kier molecular flexibility index (Phi) is 4.17. The van der Waals surface area contributed by atoms with Crippen molar-refractivity contribution in [1.29, 1.82) is 0 Å². The lowest BCUT2D eigenvalue weighted by Gasteiger charge is -2.18. The van der Waals surface area contributed by atoms with E-state index in [1.165, 1.54) is 16.9 Å². The van der Waals surface area contributed by atoms with Crippen LogP contribution in [0.3, 0.4) is 0 Å². The van der Waals surface area contributed by atoms with Crippen LogP contribution in [0.4, 0.5) is 0 Å². The average Bonchev–Trinajstić information content (AvgIpc) is 2.40. The molecule has 1 aliphatic rings. The number of allylic oxidation sites excluding steroid dienone is 1. The van der Waals surface area contributed by atoms with E-state index in [0.29, 0.717) is 0 Å². The normalized spacial score (nSPS) is 15.8. The zero-order valence-electron chi connectivity index (χ0n) is 13.1. The molecule has 0 unspecified atom stereocenters. The molecule has 0 saturated heterocycles. The molecule has 0 amide bonds. The quantitative estimate of drug-likeness (QED) is 0.624. The number of carbonyl (C=O) groups is 1. The first-order valence-electron chi connectivity index (χ1n) is 7.21. The summed E-state index contributed by atoms with van der Waals surface area (Å²) in [5.41, 5.74) is 6.51. The summed E-state index contributed by atoms with van der Waals surface area (Å²) in [6, 6.07) is 3.79. The number of aromatic nitrogens is 1. The average molecular weight is 271 g/mol. The fourth-order valence-corrected chi connectivity index (χ4v) is 2.76. The second-order valence-electron chi connectivity index (χ2n) is 5.53. The van der Waals surface area contributed by atoms with Crippen molar-refractivity contribution in [3.63, 3.8) is 0 Å². The van der Waals surface area contributed by atoms with Crippen molar-refractivity contribution in [2.45, 2.75) is 40.5 Å². The third-order valence-electron chi connectivity index (χ3n) is 4.08. The number of ketones is 1. The van der Waals surface area contributed by atoms with Gasteiger partial charge in [-0.1, -0.05) is 6.92 Å². The summed E-state index contributed by atoms with van der Waals surface area (Å²) in [5, 5.41) is 0. The Morgan fingerprint density at radius 3 is 2.65 bits per heavy atom. The van der Waals surface area contributed by atoms with Crippen LogP contribution in [0.5, 0.6) is 0 Å². The summed E-state index contributed by atoms with van der Waals surface area (Å²) < 4.78 is 2.27. The van der Waals surface area contributed by atoms with Gasteiger partial charge in [0.1, 0.15) is 13.6 Å². The number of Topliss-reactive ketones (excluding diaryl/α,β-unsaturated/α-hetero) is 1. The van der Waals surface area contributed by atoms with Gasteiger partial charge in [-0.15, -0.1) is 0 Å². The predicted molar refractivity (Wildman–Crippen MR) is 82.5 cm³/mol. The van der Waals surface area contributed by atoms with E-state index >= 15 is 0 Å². The van der Waals surface area contributed by atoms with Crippen molar-refractivity contribution in [3.05, 3.63) is 34.7 Å². The number of rotatable bonds is 3. The third-order valence-corrected chi connectivity index (χ3v) is 4.08. The first-order chi connectivity index (χ1) is 9.43. The topological polar surface area (TPSA) is 33.0 Å². The Bertz CT molecular complexity index is 624. The molecular weight excluding hydrogens is 248 g/mol. The molecule has 1 aliphatic heterocycles. The maximum absolute atomic E-state index is 11.7. The van der Waals surface area contributed by atoms with Gasteiger partial charge in [0.05, 0.1) is 11.3 Å². The second kappa shape index (κ2) is 5.70. The molecule has 106 valence electrons. The van der Waals surface area contributed by atoms with E-state index in [2.05, 4.69) is 30.5 Å². The molecule has 3 nitrogen and oxygen atoms in total. The SMILES string of the molecule is CCC1=C(c2cc(C(C)=O)cc(C)n2)C(C)=[N+](C)CC1. The van der Waals surface area contributed by atoms with Crippen LogP contribution in [0.15, 0.2) is 17.7 Å². The van der Waals surface area contributed by atoms with Crippen molar-refractivity contribution < 1.29 is 9.37 Å². The van der Waals surface area contributed by atoms with Gasteiger partial charge in [0.15, 0.2) is 11.5 Å². The Labute approximate surface area is 121 Å². The standard InChI is InChI=1S/C17H23N2O/c1-6-14-7-8-19(5)12(3)17(14)16-10-15(13(4)20)9-11(2)18-16/h9-10H,6-8H2,1-5H3/q+1. The third kappa shape index (κ3) is 2.72. The lowest BCUT2D eigenvalue weighted by molar-refractivity contribution is -0.497. The van der Waals surface area contributed by atoms with Gasteiger partial charge in [-0.3, -0.25) is 9.78 Å². The molecule has 1 aromatic rings. The smallest absolute Gasteiger partial charge is 0.182 e. The zero-order chi connectivity index (χ0) is 14.9. The van der Waals surface area contributed by atoms with Gasteiger partial charge in [0.25, 0.3) is 0 Å². The second-order valence-corrected chi connectivity index (χ2v) is 5.53. The van der Waals surface area contributed by atoms with Crippen LogP contribution in [0, 0.1) is 6.92 Å². The van der Waals surface area contributed by atoms with Crippen LogP contribution in [0.25, 0.3) is 5.57 Å². The zero-order valence-corrected chi connectivity index (χ0v) is 13.1. The molecule has 20 heavy (non-hydrogen) atoms. The maximum Gasteiger partial charge on any atom is 0.182 e. The monoisotopic (exact) mass is 271 g/mol. The fourth-order valence-electron chi connectivity index (χ4n) is 2.76. The van der Waals surface area contributed by atoms with Crippen molar-refractivity contribution in [1.82, 2.24) is 4.98 Å². The minimum atomic E-state index is 0.0946. The first-order valence-corrected chi connectivity index (χ1v) is 7.21. The molecule has 1 aromatic heterocycles. The Hall–Kier alpha value is -1.77. The summed E-state index contributed by atoms with van der Waals surface area (Å²) in [6.07, 6.45) is 2.11. The Morgan fingerprint density at radius 1 is 1.35 bits per heavy atom. The Balaban J connectivity index is 2.64. The molecule has 0 aromatic carbocycles. The van der Waals surface area contributed by atoms with Crippen molar-refractivity contribution in [3.8, 4) is 0 Å². The molecule has 2 rings (SSSR count). The van der Waals surface area contributed by atoms with Gasteiger partial charge in [-0.05, 0) is 38.0 Å². The van der Waals surface area contributed by atoms with Crippen LogP contribution in [-0.2, 0) is 0 Å². The summed E-state index contributed by atoms with van der Waals surface area (Å²) in [4.78, 5) is 16.3. The van der Waals surface area contributed by atoms with Gasteiger partial charge in [-0.25, -0.2) is 4.58 Å². The maximum atomic E-state index is 11.7. The molecule has 3 heteroatoms. The number of nitrogens with zero attached hydrogens (tertiary/aromatic N) is 2. The molecule has 0 bridgehead atoms. The molecule has 0 atom stereocenters. The van der Waals surface area contributed by atoms with Crippen molar-refractivity contribution in [2.75, 3.05) is 13.6 Å². The highest BCUT2D eigenvalue weighted by atomic mass is 16.1. The van der Waals surface area contributed by atoms with E-state index in [1.807, 2.05) is 19.1 Å². The Morgan fingerprint density at radius 2 is 2.05 bits per heavy atom. The van der Waals surface area contributed by atoms with Crippen LogP contribution in [0.2, 0.25) is 0 Å². The summed E-state index contributed by atoms with van der Waals surface area (Å²) in [6.45, 7) is 8.95. The van der Waals surface area contributed by atoms with Gasteiger partial charge >= 0.3 is 0 Å². The van der Waals surface area contributed by atoms with Gasteiger partial charge in [0, 0.05) is 24.6 Å². The van der Waals surface area contributed by atoms with Crippen molar-refractivity contribution in [2.24, 2.45) is 0 Å². The molecule has 0 fully saturated rings. The summed E-state index contributed by atoms with van der Waals surface area (Å²) in [5.74, 6) is 0.0946. The first kappa shape index (κ1) is 14.6. The number of carbonyl (C=O) groups excluding carboxylic acids is 1. The summed E-state index contributed by atoms with van der Waals surface area (Å²) >= 11 is 0. The highest BCUT2D eigenvalue weighted by Gasteiger charge is 2.24. The van der Waals surface area contributed by atoms with E-state index in [-0.39, 0.29) is 5.78 Å². The van der Waals surface area contributed by atoms with E-state index < -0.39 is 0 Å². The van der Waals surface area contributed by atoms with Gasteiger partial charge < -0.3 is 0 Å². The number of aryl methyl sites for hydroxylation is 1. The highest BCUT2D eigenvalue weighted by molar-refractivity contribution is 6.21. The van der Waals surface area contributed by atoms with Crippen molar-refractivity contribution >= 4 is 17.1 Å². The van der Waals surface area contributed by atoms with E-state index in [9.17, 15) is 4.79 Å². The van der Waals surface area contributed by atoms with Crippen LogP contribution in [-0.4, -0.2) is 34.6 Å². The van der Waals surface area contributed by atoms with Crippen LogP contribution in [0.1, 0.15) is 55.4 Å². The molecule has 0 spiro atoms. The lowest BCUT2D eigenvalue weighted by Crippen LogP contribution is -2.24. The number of pyridine rings is 1. The predicted octanol–water partition coefficient (Wildman–Crippen LogP) is 3.26. The summed E-state index contributed by atoms with van der Waals surface area (Å²) in [7, 11) is 2.11. The molecular formula is C17H23N2O+. The van der Waals surface area contributed by atoms with E-state index in [0.717, 1.165) is 36.3 Å². The van der Waals surface area contributed by atoms with Crippen LogP contribution < -0.4 is 0 Å². The molecule has 0 radical (unpaired) electrons. The molecule has 0 N–H and O–H groups in total. The largest absolute Gasteiger partial charge is 0.295 e. The van der Waals surface area contributed by atoms with Gasteiger partial charge in [-0.2, -0.15) is 0 Å². The number of hydrogen-bond acceptors (Lipinski definition) is 2. The van der Waals surface area contributed by atoms with E-state index in [4.69, 9.17) is 0 Å². The fraction of sp³-hybridized carbons (Fsp3) is 0.471. The van der Waals surface area contributed by atoms with E-state index in [1.54, 1.807) is 6.92 Å².